The molecule has 4 heteroatoms. The Morgan fingerprint density at radius 3 is 2.61 bits per heavy atom. The van der Waals surface area contributed by atoms with Crippen molar-refractivity contribution in [1.29, 1.82) is 0 Å². The molecule has 1 saturated heterocycles. The summed E-state index contributed by atoms with van der Waals surface area (Å²) in [6.45, 7) is 1.82. The van der Waals surface area contributed by atoms with Crippen LogP contribution < -0.4 is 0 Å². The highest BCUT2D eigenvalue weighted by Crippen LogP contribution is 2.30. The molecule has 128 valence electrons. The number of carboxylic acids is 1. The number of hydrogen-bond acceptors (Lipinski definition) is 3. The van der Waals surface area contributed by atoms with E-state index in [0.717, 1.165) is 38.2 Å². The van der Waals surface area contributed by atoms with Gasteiger partial charge in [0.25, 0.3) is 0 Å². The van der Waals surface area contributed by atoms with E-state index in [2.05, 4.69) is 30.3 Å². The van der Waals surface area contributed by atoms with Gasteiger partial charge in [-0.25, -0.2) is 0 Å². The van der Waals surface area contributed by atoms with Crippen molar-refractivity contribution < 1.29 is 14.6 Å². The molecule has 0 radical (unpaired) electrons. The van der Waals surface area contributed by atoms with E-state index in [0.29, 0.717) is 18.3 Å². The van der Waals surface area contributed by atoms with E-state index in [1.54, 1.807) is 0 Å². The highest BCUT2D eigenvalue weighted by atomic mass is 32.2. The molecule has 2 atom stereocenters. The van der Waals surface area contributed by atoms with Gasteiger partial charge in [-0.2, -0.15) is 11.8 Å². The normalized spacial score (nSPS) is 20.7. The molecule has 0 aliphatic carbocycles. The van der Waals surface area contributed by atoms with E-state index in [9.17, 15) is 4.79 Å². The van der Waals surface area contributed by atoms with Crippen LogP contribution in [0.2, 0.25) is 0 Å². The molecule has 0 aromatic heterocycles. The van der Waals surface area contributed by atoms with Crippen molar-refractivity contribution >= 4 is 17.7 Å². The molecule has 0 saturated carbocycles. The number of carboxylic acid groups (broad SMARTS) is 1. The fraction of sp³-hybridized carbons (Fsp3) is 0.632. The lowest BCUT2D eigenvalue weighted by molar-refractivity contribution is -0.137. The minimum absolute atomic E-state index is 0.311. The van der Waals surface area contributed by atoms with Gasteiger partial charge in [-0.05, 0) is 36.0 Å². The summed E-state index contributed by atoms with van der Waals surface area (Å²) < 4.78 is 5.69. The first-order chi connectivity index (χ1) is 11.3. The third kappa shape index (κ3) is 7.40. The second-order valence-corrected chi connectivity index (χ2v) is 7.44. The minimum Gasteiger partial charge on any atom is -0.481 e. The maximum Gasteiger partial charge on any atom is 0.303 e. The molecule has 0 bridgehead atoms. The van der Waals surface area contributed by atoms with Crippen LogP contribution in [0, 0.1) is 11.8 Å². The summed E-state index contributed by atoms with van der Waals surface area (Å²) in [6, 6.07) is 10.6. The fourth-order valence-corrected chi connectivity index (χ4v) is 4.30. The topological polar surface area (TPSA) is 46.5 Å². The first kappa shape index (κ1) is 18.3. The maximum absolute atomic E-state index is 10.5. The van der Waals surface area contributed by atoms with E-state index in [1.807, 2.05) is 11.8 Å². The summed E-state index contributed by atoms with van der Waals surface area (Å²) in [7, 11) is 0. The third-order valence-corrected chi connectivity index (χ3v) is 5.69. The highest BCUT2D eigenvalue weighted by Gasteiger charge is 2.27. The molecule has 1 aliphatic rings. The average Bonchev–Trinajstić information content (AvgIpc) is 2.99. The predicted molar refractivity (Wildman–Crippen MR) is 95.7 cm³/mol. The smallest absolute Gasteiger partial charge is 0.303 e. The van der Waals surface area contributed by atoms with Crippen molar-refractivity contribution in [3.05, 3.63) is 35.9 Å². The second kappa shape index (κ2) is 10.7. The summed E-state index contributed by atoms with van der Waals surface area (Å²) in [5.41, 5.74) is 1.39. The van der Waals surface area contributed by atoms with Crippen LogP contribution in [0.4, 0.5) is 0 Å². The molecular formula is C19H28O3S. The first-order valence-electron chi connectivity index (χ1n) is 8.67. The number of thioether (sulfide) groups is 1. The van der Waals surface area contributed by atoms with Crippen molar-refractivity contribution in [2.45, 2.75) is 44.3 Å². The molecule has 1 heterocycles. The lowest BCUT2D eigenvalue weighted by Gasteiger charge is -2.17. The lowest BCUT2D eigenvalue weighted by atomic mass is 9.92. The predicted octanol–water partition coefficient (Wildman–Crippen LogP) is 4.61. The van der Waals surface area contributed by atoms with Crippen LogP contribution in [-0.4, -0.2) is 30.0 Å². The van der Waals surface area contributed by atoms with E-state index in [-0.39, 0.29) is 0 Å². The van der Waals surface area contributed by atoms with E-state index in [4.69, 9.17) is 9.84 Å². The van der Waals surface area contributed by atoms with Crippen molar-refractivity contribution in [3.8, 4) is 0 Å². The van der Waals surface area contributed by atoms with Crippen molar-refractivity contribution in [1.82, 2.24) is 0 Å². The average molecular weight is 336 g/mol. The van der Waals surface area contributed by atoms with Crippen LogP contribution in [0.15, 0.2) is 30.3 Å². The SMILES string of the molecule is O=C(O)CCCCCC[C@H]1COC[C@H]1CSCc1ccccc1. The van der Waals surface area contributed by atoms with Crippen molar-refractivity contribution in [2.24, 2.45) is 11.8 Å². The number of unbranched alkanes of at least 4 members (excludes halogenated alkanes) is 3. The summed E-state index contributed by atoms with van der Waals surface area (Å²) >= 11 is 2.01. The van der Waals surface area contributed by atoms with Crippen LogP contribution in [-0.2, 0) is 15.3 Å². The van der Waals surface area contributed by atoms with Crippen LogP contribution in [0.25, 0.3) is 0 Å². The molecule has 1 N–H and O–H groups in total. The molecule has 23 heavy (non-hydrogen) atoms. The number of ether oxygens (including phenoxy) is 1. The summed E-state index contributed by atoms with van der Waals surface area (Å²) in [5, 5.41) is 8.62. The monoisotopic (exact) mass is 336 g/mol. The Kier molecular flexibility index (Phi) is 8.54. The Labute approximate surface area is 143 Å². The highest BCUT2D eigenvalue weighted by molar-refractivity contribution is 7.98. The van der Waals surface area contributed by atoms with Crippen LogP contribution in [0.5, 0.6) is 0 Å². The molecule has 2 rings (SSSR count). The van der Waals surface area contributed by atoms with Gasteiger partial charge in [0.15, 0.2) is 0 Å². The van der Waals surface area contributed by atoms with Gasteiger partial charge in [0.2, 0.25) is 0 Å². The molecule has 3 nitrogen and oxygen atoms in total. The second-order valence-electron chi connectivity index (χ2n) is 6.40. The van der Waals surface area contributed by atoms with Gasteiger partial charge in [-0.3, -0.25) is 4.79 Å². The Hall–Kier alpha value is -1.00. The Morgan fingerprint density at radius 2 is 1.83 bits per heavy atom. The van der Waals surface area contributed by atoms with Gasteiger partial charge < -0.3 is 9.84 Å². The van der Waals surface area contributed by atoms with Crippen LogP contribution in [0.1, 0.15) is 44.1 Å². The maximum atomic E-state index is 10.5. The molecule has 1 aromatic carbocycles. The molecule has 1 fully saturated rings. The Bertz CT molecular complexity index is 449. The summed E-state index contributed by atoms with van der Waals surface area (Å²) in [4.78, 5) is 10.5. The molecule has 0 spiro atoms. The van der Waals surface area contributed by atoms with Gasteiger partial charge >= 0.3 is 5.97 Å². The molecular weight excluding hydrogens is 308 g/mol. The molecule has 0 amide bonds. The van der Waals surface area contributed by atoms with Gasteiger partial charge in [0, 0.05) is 18.8 Å². The number of benzene rings is 1. The molecule has 1 aromatic rings. The summed E-state index contributed by atoms with van der Waals surface area (Å²) in [5.74, 6) is 2.96. The van der Waals surface area contributed by atoms with Crippen LogP contribution in [0.3, 0.4) is 0 Å². The Balaban J connectivity index is 1.56. The molecule has 1 aliphatic heterocycles. The minimum atomic E-state index is -0.676. The Morgan fingerprint density at radius 1 is 1.09 bits per heavy atom. The zero-order valence-electron chi connectivity index (χ0n) is 13.8. The quantitative estimate of drug-likeness (QED) is 0.600. The van der Waals surface area contributed by atoms with Crippen molar-refractivity contribution in [2.75, 3.05) is 19.0 Å². The zero-order valence-corrected chi connectivity index (χ0v) is 14.6. The van der Waals surface area contributed by atoms with Crippen LogP contribution >= 0.6 is 11.8 Å². The lowest BCUT2D eigenvalue weighted by Crippen LogP contribution is -2.15. The van der Waals surface area contributed by atoms with Crippen molar-refractivity contribution in [3.63, 3.8) is 0 Å². The van der Waals surface area contributed by atoms with Gasteiger partial charge in [-0.1, -0.05) is 49.6 Å². The first-order valence-corrected chi connectivity index (χ1v) is 9.82. The van der Waals surface area contributed by atoms with E-state index in [1.165, 1.54) is 24.2 Å². The van der Waals surface area contributed by atoms with Gasteiger partial charge in [0.05, 0.1) is 6.61 Å². The van der Waals surface area contributed by atoms with E-state index >= 15 is 0 Å². The van der Waals surface area contributed by atoms with Gasteiger partial charge in [-0.15, -0.1) is 0 Å². The van der Waals surface area contributed by atoms with Gasteiger partial charge in [0.1, 0.15) is 0 Å². The number of aliphatic carboxylic acids is 1. The number of hydrogen-bond donors (Lipinski definition) is 1. The van der Waals surface area contributed by atoms with E-state index < -0.39 is 5.97 Å². The molecule has 0 unspecified atom stereocenters. The summed E-state index contributed by atoms with van der Waals surface area (Å²) in [6.07, 6.45) is 5.73. The zero-order chi connectivity index (χ0) is 16.3. The standard InChI is InChI=1S/C19H28O3S/c20-19(21)11-7-2-1-6-10-17-12-22-13-18(17)15-23-14-16-8-4-3-5-9-16/h3-5,8-9,17-18H,1-2,6-7,10-15H2,(H,20,21)/t17-,18-/m0/s1. The third-order valence-electron chi connectivity index (χ3n) is 4.49. The fourth-order valence-electron chi connectivity index (χ4n) is 3.08. The number of rotatable bonds is 11. The largest absolute Gasteiger partial charge is 0.481 e. The number of carbonyl (C=O) groups is 1.